The van der Waals surface area contributed by atoms with E-state index in [9.17, 15) is 9.59 Å². The van der Waals surface area contributed by atoms with Gasteiger partial charge >= 0.3 is 12.0 Å². The summed E-state index contributed by atoms with van der Waals surface area (Å²) in [7, 11) is 0. The second-order valence-electron chi connectivity index (χ2n) is 5.12. The molecule has 0 atom stereocenters. The molecule has 0 radical (unpaired) electrons. The van der Waals surface area contributed by atoms with Crippen LogP contribution in [0.15, 0.2) is 34.9 Å². The first-order valence-corrected chi connectivity index (χ1v) is 6.79. The van der Waals surface area contributed by atoms with Crippen molar-refractivity contribution >= 4 is 23.5 Å². The summed E-state index contributed by atoms with van der Waals surface area (Å²) >= 11 is 0. The van der Waals surface area contributed by atoms with Crippen LogP contribution in [0.3, 0.4) is 0 Å². The highest BCUT2D eigenvalue weighted by Crippen LogP contribution is 2.18. The maximum Gasteiger partial charge on any atom is 0.324 e. The molecule has 116 valence electrons. The standard InChI is InChI=1S/C15H17N3O4/c1-9(2)12-8-13(18-22-12)17-15(21)16-11-5-3-4-10(6-11)7-14(19)20/h3-6,8-9H,7H2,1-2H3,(H,19,20)(H2,16,17,18,21). The van der Waals surface area contributed by atoms with Crippen LogP contribution in [0, 0.1) is 0 Å². The van der Waals surface area contributed by atoms with Gasteiger partial charge in [0.05, 0.1) is 6.42 Å². The van der Waals surface area contributed by atoms with E-state index in [1.54, 1.807) is 30.3 Å². The van der Waals surface area contributed by atoms with Gasteiger partial charge in [0.25, 0.3) is 0 Å². The van der Waals surface area contributed by atoms with Gasteiger partial charge in [-0.1, -0.05) is 31.1 Å². The molecule has 1 heterocycles. The number of nitrogens with one attached hydrogen (secondary N) is 2. The van der Waals surface area contributed by atoms with Gasteiger partial charge in [0, 0.05) is 17.7 Å². The summed E-state index contributed by atoms with van der Waals surface area (Å²) in [6, 6.07) is 7.83. The van der Waals surface area contributed by atoms with Crippen molar-refractivity contribution in [1.29, 1.82) is 0 Å². The molecule has 0 aliphatic carbocycles. The number of carboxylic acids is 1. The molecule has 2 aromatic rings. The molecule has 7 heteroatoms. The minimum absolute atomic E-state index is 0.0990. The normalized spacial score (nSPS) is 10.5. The number of nitrogens with zero attached hydrogens (tertiary/aromatic N) is 1. The third-order valence-electron chi connectivity index (χ3n) is 2.88. The first kappa shape index (κ1) is 15.6. The Balaban J connectivity index is 1.97. The smallest absolute Gasteiger partial charge is 0.324 e. The predicted octanol–water partition coefficient (Wildman–Crippen LogP) is 3.07. The van der Waals surface area contributed by atoms with Crippen molar-refractivity contribution in [3.05, 3.63) is 41.7 Å². The van der Waals surface area contributed by atoms with E-state index < -0.39 is 12.0 Å². The molecule has 0 bridgehead atoms. The fourth-order valence-corrected chi connectivity index (χ4v) is 1.83. The van der Waals surface area contributed by atoms with Crippen molar-refractivity contribution in [3.8, 4) is 0 Å². The van der Waals surface area contributed by atoms with Crippen LogP contribution in [0.4, 0.5) is 16.3 Å². The van der Waals surface area contributed by atoms with Gasteiger partial charge in [-0.25, -0.2) is 4.79 Å². The quantitative estimate of drug-likeness (QED) is 0.787. The van der Waals surface area contributed by atoms with Gasteiger partial charge in [0.15, 0.2) is 5.82 Å². The van der Waals surface area contributed by atoms with Crippen LogP contribution in [0.2, 0.25) is 0 Å². The van der Waals surface area contributed by atoms with Crippen LogP contribution >= 0.6 is 0 Å². The number of urea groups is 1. The fraction of sp³-hybridized carbons (Fsp3) is 0.267. The van der Waals surface area contributed by atoms with Crippen molar-refractivity contribution in [2.75, 3.05) is 10.6 Å². The van der Waals surface area contributed by atoms with E-state index in [1.807, 2.05) is 13.8 Å². The van der Waals surface area contributed by atoms with Gasteiger partial charge in [0.2, 0.25) is 0 Å². The van der Waals surface area contributed by atoms with Crippen LogP contribution < -0.4 is 10.6 Å². The number of aromatic nitrogens is 1. The first-order valence-electron chi connectivity index (χ1n) is 6.79. The van der Waals surface area contributed by atoms with E-state index in [1.165, 1.54) is 0 Å². The molecule has 0 spiro atoms. The molecule has 1 aromatic heterocycles. The number of rotatable bonds is 5. The minimum atomic E-state index is -0.926. The van der Waals surface area contributed by atoms with Crippen molar-refractivity contribution in [3.63, 3.8) is 0 Å². The molecule has 0 unspecified atom stereocenters. The van der Waals surface area contributed by atoms with E-state index in [0.29, 0.717) is 22.8 Å². The van der Waals surface area contributed by atoms with Gasteiger partial charge < -0.3 is 14.9 Å². The third-order valence-corrected chi connectivity index (χ3v) is 2.88. The van der Waals surface area contributed by atoms with E-state index in [-0.39, 0.29) is 12.3 Å². The molecule has 0 fully saturated rings. The lowest BCUT2D eigenvalue weighted by atomic mass is 10.1. The lowest BCUT2D eigenvalue weighted by Gasteiger charge is -2.06. The Morgan fingerprint density at radius 1 is 1.27 bits per heavy atom. The van der Waals surface area contributed by atoms with Crippen molar-refractivity contribution in [1.82, 2.24) is 5.16 Å². The average molecular weight is 303 g/mol. The van der Waals surface area contributed by atoms with Gasteiger partial charge in [-0.15, -0.1) is 0 Å². The number of hydrogen-bond donors (Lipinski definition) is 3. The van der Waals surface area contributed by atoms with E-state index >= 15 is 0 Å². The summed E-state index contributed by atoms with van der Waals surface area (Å²) in [5.41, 5.74) is 1.11. The Bertz CT molecular complexity index is 679. The maximum absolute atomic E-state index is 11.9. The number of carboxylic acid groups (broad SMARTS) is 1. The van der Waals surface area contributed by atoms with E-state index in [2.05, 4.69) is 15.8 Å². The SMILES string of the molecule is CC(C)c1cc(NC(=O)Nc2cccc(CC(=O)O)c2)no1. The third kappa shape index (κ3) is 4.34. The Labute approximate surface area is 127 Å². The molecule has 0 saturated heterocycles. The topological polar surface area (TPSA) is 104 Å². The number of carbonyl (C=O) groups excluding carboxylic acids is 1. The van der Waals surface area contributed by atoms with E-state index in [4.69, 9.17) is 9.63 Å². The molecule has 0 aliphatic heterocycles. The van der Waals surface area contributed by atoms with Gasteiger partial charge in [-0.05, 0) is 17.7 Å². The lowest BCUT2D eigenvalue weighted by Crippen LogP contribution is -2.19. The Morgan fingerprint density at radius 2 is 2.05 bits per heavy atom. The van der Waals surface area contributed by atoms with E-state index in [0.717, 1.165) is 0 Å². The molecule has 1 aromatic carbocycles. The number of amides is 2. The summed E-state index contributed by atoms with van der Waals surface area (Å²) in [5.74, 6) is 0.255. The van der Waals surface area contributed by atoms with Crippen molar-refractivity contribution < 1.29 is 19.2 Å². The average Bonchev–Trinajstić information content (AvgIpc) is 2.86. The summed E-state index contributed by atoms with van der Waals surface area (Å²) < 4.78 is 5.08. The van der Waals surface area contributed by atoms with Gasteiger partial charge in [0.1, 0.15) is 5.76 Å². The highest BCUT2D eigenvalue weighted by molar-refractivity contribution is 5.99. The number of hydrogen-bond acceptors (Lipinski definition) is 4. The number of benzene rings is 1. The van der Waals surface area contributed by atoms with Crippen LogP contribution in [0.5, 0.6) is 0 Å². The lowest BCUT2D eigenvalue weighted by molar-refractivity contribution is -0.136. The van der Waals surface area contributed by atoms with Crippen LogP contribution in [0.25, 0.3) is 0 Å². The molecule has 2 amide bonds. The summed E-state index contributed by atoms with van der Waals surface area (Å²) in [4.78, 5) is 22.6. The zero-order valence-corrected chi connectivity index (χ0v) is 12.3. The highest BCUT2D eigenvalue weighted by atomic mass is 16.5. The Kier molecular flexibility index (Phi) is 4.77. The molecule has 22 heavy (non-hydrogen) atoms. The molecule has 7 nitrogen and oxygen atoms in total. The zero-order valence-electron chi connectivity index (χ0n) is 12.3. The molecule has 2 rings (SSSR count). The number of aliphatic carboxylic acids is 1. The first-order chi connectivity index (χ1) is 10.4. The summed E-state index contributed by atoms with van der Waals surface area (Å²) in [6.45, 7) is 3.91. The fourth-order valence-electron chi connectivity index (χ4n) is 1.83. The minimum Gasteiger partial charge on any atom is -0.481 e. The largest absolute Gasteiger partial charge is 0.481 e. The zero-order chi connectivity index (χ0) is 16.1. The maximum atomic E-state index is 11.9. The summed E-state index contributed by atoms with van der Waals surface area (Å²) in [6.07, 6.45) is -0.0990. The molecular weight excluding hydrogens is 286 g/mol. The van der Waals surface area contributed by atoms with Crippen molar-refractivity contribution in [2.24, 2.45) is 0 Å². The molecular formula is C15H17N3O4. The molecule has 3 N–H and O–H groups in total. The molecule has 0 saturated carbocycles. The van der Waals surface area contributed by atoms with Gasteiger partial charge in [-0.3, -0.25) is 10.1 Å². The van der Waals surface area contributed by atoms with Gasteiger partial charge in [-0.2, -0.15) is 0 Å². The number of anilines is 2. The highest BCUT2D eigenvalue weighted by Gasteiger charge is 2.10. The van der Waals surface area contributed by atoms with Crippen LogP contribution in [-0.4, -0.2) is 22.3 Å². The second kappa shape index (κ2) is 6.75. The summed E-state index contributed by atoms with van der Waals surface area (Å²) in [5, 5.41) is 17.7. The number of carbonyl (C=O) groups is 2. The second-order valence-corrected chi connectivity index (χ2v) is 5.12. The molecule has 0 aliphatic rings. The van der Waals surface area contributed by atoms with Crippen LogP contribution in [0.1, 0.15) is 31.1 Å². The van der Waals surface area contributed by atoms with Crippen LogP contribution in [-0.2, 0) is 11.2 Å². The monoisotopic (exact) mass is 303 g/mol. The Hall–Kier alpha value is -2.83. The van der Waals surface area contributed by atoms with Crippen molar-refractivity contribution in [2.45, 2.75) is 26.2 Å². The Morgan fingerprint density at radius 3 is 2.68 bits per heavy atom. The predicted molar refractivity (Wildman–Crippen MR) is 81.0 cm³/mol.